The van der Waals surface area contributed by atoms with Crippen LogP contribution in [0.5, 0.6) is 0 Å². The van der Waals surface area contributed by atoms with Gasteiger partial charge in [-0.15, -0.1) is 0 Å². The van der Waals surface area contributed by atoms with Crippen LogP contribution in [-0.2, 0) is 11.2 Å². The van der Waals surface area contributed by atoms with E-state index in [1.807, 2.05) is 60.7 Å². The van der Waals surface area contributed by atoms with Gasteiger partial charge in [-0.05, 0) is 17.5 Å². The lowest BCUT2D eigenvalue weighted by Crippen LogP contribution is -2.29. The van der Waals surface area contributed by atoms with Crippen LogP contribution in [-0.4, -0.2) is 35.3 Å². The molecule has 1 heterocycles. The number of benzene rings is 2. The van der Waals surface area contributed by atoms with Gasteiger partial charge in [0.1, 0.15) is 6.10 Å². The first-order valence-electron chi connectivity index (χ1n) is 7.46. The molecule has 114 valence electrons. The summed E-state index contributed by atoms with van der Waals surface area (Å²) in [7, 11) is 0. The number of carbonyl (C=O) groups is 1. The summed E-state index contributed by atoms with van der Waals surface area (Å²) in [5.41, 5.74) is 1.95. The van der Waals surface area contributed by atoms with Crippen molar-refractivity contribution in [3.8, 4) is 0 Å². The van der Waals surface area contributed by atoms with Gasteiger partial charge in [-0.2, -0.15) is 0 Å². The number of amides is 1. The molecule has 4 heteroatoms. The highest BCUT2D eigenvalue weighted by atomic mass is 16.6. The zero-order valence-corrected chi connectivity index (χ0v) is 12.3. The van der Waals surface area contributed by atoms with E-state index in [9.17, 15) is 9.90 Å². The van der Waals surface area contributed by atoms with Crippen LogP contribution in [0.15, 0.2) is 60.7 Å². The maximum atomic E-state index is 11.9. The Labute approximate surface area is 130 Å². The van der Waals surface area contributed by atoms with E-state index >= 15 is 0 Å². The lowest BCUT2D eigenvalue weighted by molar-refractivity contribution is 0.0319. The minimum absolute atomic E-state index is 0.351. The van der Waals surface area contributed by atoms with Crippen molar-refractivity contribution < 1.29 is 14.6 Å². The van der Waals surface area contributed by atoms with Crippen LogP contribution in [0.2, 0.25) is 0 Å². The lowest BCUT2D eigenvalue weighted by atomic mass is 10.0. The standard InChI is InChI=1S/C18H19NO3/c20-17(15-9-5-2-6-10-15)16-13-19(18(21)22-16)12-11-14-7-3-1-4-8-14/h1-10,16-17,20H,11-13H2/t16-,17-/m0/s1. The van der Waals surface area contributed by atoms with E-state index in [0.29, 0.717) is 13.1 Å². The Morgan fingerprint density at radius 1 is 1.09 bits per heavy atom. The second kappa shape index (κ2) is 6.62. The van der Waals surface area contributed by atoms with E-state index in [2.05, 4.69) is 0 Å². The van der Waals surface area contributed by atoms with Gasteiger partial charge in [0, 0.05) is 6.54 Å². The average molecular weight is 297 g/mol. The Morgan fingerprint density at radius 2 is 1.73 bits per heavy atom. The first kappa shape index (κ1) is 14.6. The summed E-state index contributed by atoms with van der Waals surface area (Å²) >= 11 is 0. The molecule has 0 aliphatic carbocycles. The van der Waals surface area contributed by atoms with Crippen molar-refractivity contribution in [3.63, 3.8) is 0 Å². The van der Waals surface area contributed by atoms with E-state index in [4.69, 9.17) is 4.74 Å². The van der Waals surface area contributed by atoms with Gasteiger partial charge >= 0.3 is 6.09 Å². The largest absolute Gasteiger partial charge is 0.441 e. The molecular weight excluding hydrogens is 278 g/mol. The monoisotopic (exact) mass is 297 g/mol. The predicted octanol–water partition coefficient (Wildman–Crippen LogP) is 2.78. The Hall–Kier alpha value is -2.33. The van der Waals surface area contributed by atoms with E-state index < -0.39 is 12.2 Å². The van der Waals surface area contributed by atoms with Gasteiger partial charge in [-0.1, -0.05) is 60.7 Å². The molecule has 1 amide bonds. The molecular formula is C18H19NO3. The molecule has 1 fully saturated rings. The van der Waals surface area contributed by atoms with Gasteiger partial charge in [0.15, 0.2) is 6.10 Å². The molecule has 1 N–H and O–H groups in total. The topological polar surface area (TPSA) is 49.8 Å². The quantitative estimate of drug-likeness (QED) is 0.923. The fourth-order valence-electron chi connectivity index (χ4n) is 2.65. The normalized spacial score (nSPS) is 19.0. The predicted molar refractivity (Wildman–Crippen MR) is 83.4 cm³/mol. The molecule has 1 saturated heterocycles. The van der Waals surface area contributed by atoms with Crippen LogP contribution in [0.1, 0.15) is 17.2 Å². The molecule has 0 spiro atoms. The van der Waals surface area contributed by atoms with Crippen molar-refractivity contribution in [1.29, 1.82) is 0 Å². The van der Waals surface area contributed by atoms with Gasteiger partial charge in [-0.25, -0.2) is 4.79 Å². The lowest BCUT2D eigenvalue weighted by Gasteiger charge is -2.17. The smallest absolute Gasteiger partial charge is 0.410 e. The highest BCUT2D eigenvalue weighted by Gasteiger charge is 2.36. The van der Waals surface area contributed by atoms with Gasteiger partial charge in [-0.3, -0.25) is 0 Å². The van der Waals surface area contributed by atoms with Gasteiger partial charge < -0.3 is 14.7 Å². The SMILES string of the molecule is O=C1O[C@H]([C@@H](O)c2ccccc2)CN1CCc1ccccc1. The maximum Gasteiger partial charge on any atom is 0.410 e. The minimum atomic E-state index is -0.785. The van der Waals surface area contributed by atoms with Gasteiger partial charge in [0.05, 0.1) is 6.54 Å². The van der Waals surface area contributed by atoms with Crippen LogP contribution in [0.3, 0.4) is 0 Å². The van der Waals surface area contributed by atoms with E-state index in [-0.39, 0.29) is 6.09 Å². The van der Waals surface area contributed by atoms with Crippen molar-refractivity contribution in [3.05, 3.63) is 71.8 Å². The number of cyclic esters (lactones) is 1. The molecule has 2 aromatic carbocycles. The molecule has 0 saturated carbocycles. The number of aliphatic hydroxyl groups excluding tert-OH is 1. The third kappa shape index (κ3) is 3.28. The third-order valence-corrected chi connectivity index (χ3v) is 3.92. The first-order chi connectivity index (χ1) is 10.7. The molecule has 1 aliphatic heterocycles. The van der Waals surface area contributed by atoms with Crippen molar-refractivity contribution in [2.45, 2.75) is 18.6 Å². The van der Waals surface area contributed by atoms with Gasteiger partial charge in [0.25, 0.3) is 0 Å². The number of ether oxygens (including phenoxy) is 1. The minimum Gasteiger partial charge on any atom is -0.441 e. The molecule has 0 bridgehead atoms. The summed E-state index contributed by atoms with van der Waals surface area (Å²) in [5.74, 6) is 0. The molecule has 22 heavy (non-hydrogen) atoms. The highest BCUT2D eigenvalue weighted by molar-refractivity contribution is 5.70. The summed E-state index contributed by atoms with van der Waals surface area (Å²) in [6, 6.07) is 19.3. The van der Waals surface area contributed by atoms with Crippen molar-refractivity contribution in [2.75, 3.05) is 13.1 Å². The van der Waals surface area contributed by atoms with Crippen LogP contribution >= 0.6 is 0 Å². The number of hydrogen-bond donors (Lipinski definition) is 1. The number of aliphatic hydroxyl groups is 1. The zero-order chi connectivity index (χ0) is 15.4. The second-order valence-electron chi connectivity index (χ2n) is 5.46. The first-order valence-corrected chi connectivity index (χ1v) is 7.46. The molecule has 2 atom stereocenters. The van der Waals surface area contributed by atoms with Crippen molar-refractivity contribution >= 4 is 6.09 Å². The fraction of sp³-hybridized carbons (Fsp3) is 0.278. The summed E-state index contributed by atoms with van der Waals surface area (Å²) in [5, 5.41) is 10.3. The maximum absolute atomic E-state index is 11.9. The van der Waals surface area contributed by atoms with E-state index in [0.717, 1.165) is 12.0 Å². The van der Waals surface area contributed by atoms with Crippen LogP contribution in [0.25, 0.3) is 0 Å². The average Bonchev–Trinajstić information content (AvgIpc) is 2.95. The summed E-state index contributed by atoms with van der Waals surface area (Å²) < 4.78 is 5.32. The fourth-order valence-corrected chi connectivity index (χ4v) is 2.65. The van der Waals surface area contributed by atoms with Crippen LogP contribution in [0, 0.1) is 0 Å². The number of carbonyl (C=O) groups excluding carboxylic acids is 1. The number of nitrogens with zero attached hydrogens (tertiary/aromatic N) is 1. The summed E-state index contributed by atoms with van der Waals surface area (Å²) in [4.78, 5) is 13.6. The van der Waals surface area contributed by atoms with E-state index in [1.54, 1.807) is 4.90 Å². The van der Waals surface area contributed by atoms with E-state index in [1.165, 1.54) is 5.56 Å². The Morgan fingerprint density at radius 3 is 2.41 bits per heavy atom. The van der Waals surface area contributed by atoms with Crippen LogP contribution < -0.4 is 0 Å². The van der Waals surface area contributed by atoms with Crippen molar-refractivity contribution in [1.82, 2.24) is 4.90 Å². The number of rotatable bonds is 5. The molecule has 0 unspecified atom stereocenters. The molecule has 1 aliphatic rings. The van der Waals surface area contributed by atoms with Crippen LogP contribution in [0.4, 0.5) is 4.79 Å². The third-order valence-electron chi connectivity index (χ3n) is 3.92. The van der Waals surface area contributed by atoms with Gasteiger partial charge in [0.2, 0.25) is 0 Å². The summed E-state index contributed by atoms with van der Waals surface area (Å²) in [6.07, 6.45) is -0.863. The Balaban J connectivity index is 1.59. The zero-order valence-electron chi connectivity index (χ0n) is 12.3. The Bertz CT molecular complexity index is 615. The molecule has 4 nitrogen and oxygen atoms in total. The molecule has 2 aromatic rings. The highest BCUT2D eigenvalue weighted by Crippen LogP contribution is 2.25. The molecule has 0 radical (unpaired) electrons. The second-order valence-corrected chi connectivity index (χ2v) is 5.46. The van der Waals surface area contributed by atoms with Crippen molar-refractivity contribution in [2.24, 2.45) is 0 Å². The molecule has 0 aromatic heterocycles. The summed E-state index contributed by atoms with van der Waals surface area (Å²) in [6.45, 7) is 1.02. The number of hydrogen-bond acceptors (Lipinski definition) is 3. The Kier molecular flexibility index (Phi) is 4.39. The molecule has 3 rings (SSSR count).